The van der Waals surface area contributed by atoms with E-state index in [2.05, 4.69) is 9.62 Å². The number of fused-ring (bicyclic) bond motifs is 1. The van der Waals surface area contributed by atoms with Gasteiger partial charge in [0.05, 0.1) is 19.3 Å². The van der Waals surface area contributed by atoms with Gasteiger partial charge in [-0.15, -0.1) is 11.3 Å². The molecule has 0 saturated carbocycles. The highest BCUT2D eigenvalue weighted by Crippen LogP contribution is 2.23. The maximum atomic E-state index is 12.2. The summed E-state index contributed by atoms with van der Waals surface area (Å²) in [5.41, 5.74) is 0.620. The van der Waals surface area contributed by atoms with Crippen molar-refractivity contribution in [2.75, 3.05) is 26.2 Å². The van der Waals surface area contributed by atoms with E-state index in [-0.39, 0.29) is 23.5 Å². The van der Waals surface area contributed by atoms with E-state index in [1.807, 2.05) is 0 Å². The van der Waals surface area contributed by atoms with Gasteiger partial charge < -0.3 is 9.84 Å². The standard InChI is InChI=1S/C13H20N2O4S2/c16-7-10-4-13(20-9-10)21(17,18)14-5-12-6-15-3-1-2-11(15)8-19-12/h4,9,11-12,14,16H,1-3,5-8H2. The van der Waals surface area contributed by atoms with Crippen LogP contribution in [0.2, 0.25) is 0 Å². The third kappa shape index (κ3) is 3.46. The lowest BCUT2D eigenvalue weighted by molar-refractivity contribution is -0.0448. The summed E-state index contributed by atoms with van der Waals surface area (Å²) in [7, 11) is -3.51. The van der Waals surface area contributed by atoms with Crippen LogP contribution >= 0.6 is 11.3 Å². The minimum absolute atomic E-state index is 0.0913. The SMILES string of the molecule is O=S(=O)(NCC1CN2CCCC2CO1)c1cc(CO)cs1. The third-order valence-corrected chi connectivity index (χ3v) is 6.95. The average Bonchev–Trinajstić information content (AvgIpc) is 3.13. The van der Waals surface area contributed by atoms with Crippen LogP contribution in [0.4, 0.5) is 0 Å². The summed E-state index contributed by atoms with van der Waals surface area (Å²) >= 11 is 1.12. The number of hydrogen-bond donors (Lipinski definition) is 2. The molecule has 2 saturated heterocycles. The fourth-order valence-electron chi connectivity index (χ4n) is 2.86. The van der Waals surface area contributed by atoms with Crippen LogP contribution in [0.15, 0.2) is 15.7 Å². The van der Waals surface area contributed by atoms with Gasteiger partial charge in [0, 0.05) is 19.1 Å². The van der Waals surface area contributed by atoms with Crippen LogP contribution in [0, 0.1) is 0 Å². The van der Waals surface area contributed by atoms with E-state index in [1.54, 1.807) is 5.38 Å². The normalized spacial score (nSPS) is 26.9. The number of thiophene rings is 1. The molecule has 0 amide bonds. The molecule has 0 radical (unpaired) electrons. The molecule has 8 heteroatoms. The van der Waals surface area contributed by atoms with Gasteiger partial charge in [0.1, 0.15) is 4.21 Å². The summed E-state index contributed by atoms with van der Waals surface area (Å²) < 4.78 is 33.0. The van der Waals surface area contributed by atoms with Crippen molar-refractivity contribution in [3.63, 3.8) is 0 Å². The predicted molar refractivity (Wildman–Crippen MR) is 79.8 cm³/mol. The van der Waals surface area contributed by atoms with E-state index in [0.717, 1.165) is 24.4 Å². The highest BCUT2D eigenvalue weighted by atomic mass is 32.2. The highest BCUT2D eigenvalue weighted by Gasteiger charge is 2.32. The Labute approximate surface area is 128 Å². The van der Waals surface area contributed by atoms with E-state index in [0.29, 0.717) is 18.2 Å². The molecule has 0 spiro atoms. The van der Waals surface area contributed by atoms with E-state index in [4.69, 9.17) is 9.84 Å². The zero-order valence-corrected chi connectivity index (χ0v) is 13.3. The largest absolute Gasteiger partial charge is 0.392 e. The smallest absolute Gasteiger partial charge is 0.250 e. The van der Waals surface area contributed by atoms with Crippen LogP contribution in [-0.4, -0.2) is 56.8 Å². The number of aliphatic hydroxyl groups is 1. The number of morpholine rings is 1. The molecular formula is C13H20N2O4S2. The van der Waals surface area contributed by atoms with Gasteiger partial charge in [-0.2, -0.15) is 0 Å². The summed E-state index contributed by atoms with van der Waals surface area (Å²) in [6, 6.07) is 2.02. The number of ether oxygens (including phenoxy) is 1. The van der Waals surface area contributed by atoms with Crippen LogP contribution in [0.25, 0.3) is 0 Å². The van der Waals surface area contributed by atoms with E-state index in [9.17, 15) is 8.42 Å². The highest BCUT2D eigenvalue weighted by molar-refractivity contribution is 7.91. The average molecular weight is 332 g/mol. The Kier molecular flexibility index (Phi) is 4.63. The molecular weight excluding hydrogens is 312 g/mol. The monoisotopic (exact) mass is 332 g/mol. The van der Waals surface area contributed by atoms with E-state index >= 15 is 0 Å². The van der Waals surface area contributed by atoms with Gasteiger partial charge in [0.2, 0.25) is 10.0 Å². The second-order valence-corrected chi connectivity index (χ2v) is 8.44. The van der Waals surface area contributed by atoms with Gasteiger partial charge in [-0.05, 0) is 36.4 Å². The Bertz CT molecular complexity index is 587. The number of sulfonamides is 1. The number of rotatable bonds is 5. The Hall–Kier alpha value is -0.510. The molecule has 1 aromatic heterocycles. The molecule has 3 heterocycles. The molecule has 6 nitrogen and oxygen atoms in total. The zero-order chi connectivity index (χ0) is 14.9. The Balaban J connectivity index is 1.56. The third-order valence-electron chi connectivity index (χ3n) is 4.04. The van der Waals surface area contributed by atoms with E-state index in [1.165, 1.54) is 18.9 Å². The maximum Gasteiger partial charge on any atom is 0.250 e. The van der Waals surface area contributed by atoms with Gasteiger partial charge in [-0.1, -0.05) is 0 Å². The van der Waals surface area contributed by atoms with Crippen LogP contribution in [0.5, 0.6) is 0 Å². The quantitative estimate of drug-likeness (QED) is 0.815. The first-order valence-corrected chi connectivity index (χ1v) is 9.48. The second kappa shape index (κ2) is 6.31. The lowest BCUT2D eigenvalue weighted by Gasteiger charge is -2.35. The lowest BCUT2D eigenvalue weighted by Crippen LogP contribution is -2.49. The molecule has 2 fully saturated rings. The molecule has 0 aromatic carbocycles. The van der Waals surface area contributed by atoms with Crippen LogP contribution in [0.3, 0.4) is 0 Å². The van der Waals surface area contributed by atoms with Crippen molar-refractivity contribution in [3.8, 4) is 0 Å². The van der Waals surface area contributed by atoms with Gasteiger partial charge in [0.15, 0.2) is 0 Å². The molecule has 2 aliphatic heterocycles. The first kappa shape index (κ1) is 15.4. The van der Waals surface area contributed by atoms with Gasteiger partial charge in [-0.3, -0.25) is 4.90 Å². The maximum absolute atomic E-state index is 12.2. The molecule has 2 N–H and O–H groups in total. The first-order valence-electron chi connectivity index (χ1n) is 7.12. The summed E-state index contributed by atoms with van der Waals surface area (Å²) in [5.74, 6) is 0. The van der Waals surface area contributed by atoms with Crippen molar-refractivity contribution < 1.29 is 18.3 Å². The first-order chi connectivity index (χ1) is 10.1. The fourth-order valence-corrected chi connectivity index (χ4v) is 5.17. The predicted octanol–water partition coefficient (Wildman–Crippen LogP) is 0.382. The molecule has 0 bridgehead atoms. The Morgan fingerprint density at radius 2 is 2.38 bits per heavy atom. The summed E-state index contributed by atoms with van der Waals surface area (Å²) in [6.45, 7) is 2.72. The minimum Gasteiger partial charge on any atom is -0.392 e. The number of hydrogen-bond acceptors (Lipinski definition) is 6. The van der Waals surface area contributed by atoms with Crippen molar-refractivity contribution in [2.24, 2.45) is 0 Å². The molecule has 2 unspecified atom stereocenters. The topological polar surface area (TPSA) is 78.9 Å². The molecule has 0 aliphatic carbocycles. The molecule has 2 atom stereocenters. The number of aliphatic hydroxyl groups excluding tert-OH is 1. The fraction of sp³-hybridized carbons (Fsp3) is 0.692. The minimum atomic E-state index is -3.51. The van der Waals surface area contributed by atoms with Crippen molar-refractivity contribution in [1.82, 2.24) is 9.62 Å². The summed E-state index contributed by atoms with van der Waals surface area (Å²) in [5, 5.41) is 10.7. The Morgan fingerprint density at radius 1 is 1.52 bits per heavy atom. The number of nitrogens with one attached hydrogen (secondary N) is 1. The molecule has 118 valence electrons. The van der Waals surface area contributed by atoms with Crippen molar-refractivity contribution in [2.45, 2.75) is 35.8 Å². The summed E-state index contributed by atoms with van der Waals surface area (Å²) in [4.78, 5) is 2.39. The molecule has 3 rings (SSSR count). The van der Waals surface area contributed by atoms with Crippen molar-refractivity contribution in [3.05, 3.63) is 17.0 Å². The molecule has 1 aromatic rings. The summed E-state index contributed by atoms with van der Waals surface area (Å²) in [6.07, 6.45) is 2.29. The van der Waals surface area contributed by atoms with Crippen molar-refractivity contribution >= 4 is 21.4 Å². The second-order valence-electron chi connectivity index (χ2n) is 5.53. The molecule has 2 aliphatic rings. The van der Waals surface area contributed by atoms with Gasteiger partial charge >= 0.3 is 0 Å². The van der Waals surface area contributed by atoms with E-state index < -0.39 is 10.0 Å². The van der Waals surface area contributed by atoms with Gasteiger partial charge in [-0.25, -0.2) is 13.1 Å². The van der Waals surface area contributed by atoms with Crippen LogP contribution < -0.4 is 4.72 Å². The number of nitrogens with zero attached hydrogens (tertiary/aromatic N) is 1. The van der Waals surface area contributed by atoms with Gasteiger partial charge in [0.25, 0.3) is 0 Å². The zero-order valence-electron chi connectivity index (χ0n) is 11.7. The van der Waals surface area contributed by atoms with Crippen LogP contribution in [-0.2, 0) is 21.4 Å². The Morgan fingerprint density at radius 3 is 3.14 bits per heavy atom. The van der Waals surface area contributed by atoms with Crippen molar-refractivity contribution in [1.29, 1.82) is 0 Å². The lowest BCUT2D eigenvalue weighted by atomic mass is 10.2. The van der Waals surface area contributed by atoms with Crippen LogP contribution in [0.1, 0.15) is 18.4 Å². The molecule has 21 heavy (non-hydrogen) atoms.